The van der Waals surface area contributed by atoms with Crippen LogP contribution in [-0.4, -0.2) is 23.9 Å². The van der Waals surface area contributed by atoms with Crippen LogP contribution in [0.5, 0.6) is 5.75 Å². The molecule has 0 atom stereocenters. The summed E-state index contributed by atoms with van der Waals surface area (Å²) in [5.74, 6) is 0.0408. The fourth-order valence-electron chi connectivity index (χ4n) is 2.58. The molecule has 3 aromatic rings. The minimum atomic E-state index is -0.336. The molecule has 0 aliphatic rings. The molecule has 0 saturated carbocycles. The number of hydrogen-bond acceptors (Lipinski definition) is 4. The second kappa shape index (κ2) is 9.01. The molecule has 142 valence electrons. The van der Waals surface area contributed by atoms with E-state index in [0.717, 1.165) is 5.56 Å². The molecule has 0 spiro atoms. The molecule has 0 bridgehead atoms. The highest BCUT2D eigenvalue weighted by atomic mass is 35.5. The summed E-state index contributed by atoms with van der Waals surface area (Å²) >= 11 is 5.76. The molecule has 6 nitrogen and oxygen atoms in total. The number of benzene rings is 2. The SMILES string of the molecule is COc1cccc(NC(=O)c2ccccc2NC(=O)Cc2ccc(Cl)nc2)c1. The molecular weight excluding hydrogens is 378 g/mol. The largest absolute Gasteiger partial charge is 0.497 e. The first-order valence-corrected chi connectivity index (χ1v) is 8.87. The topological polar surface area (TPSA) is 80.3 Å². The standard InChI is InChI=1S/C21H18ClN3O3/c1-28-16-6-4-5-15(12-16)24-21(27)17-7-2-3-8-18(17)25-20(26)11-14-9-10-19(22)23-13-14/h2-10,12-13H,11H2,1H3,(H,24,27)(H,25,26). The van der Waals surface area contributed by atoms with E-state index in [-0.39, 0.29) is 18.2 Å². The molecule has 0 fully saturated rings. The molecule has 2 aromatic carbocycles. The van der Waals surface area contributed by atoms with Gasteiger partial charge in [-0.2, -0.15) is 0 Å². The predicted octanol–water partition coefficient (Wildman–Crippen LogP) is 4.18. The van der Waals surface area contributed by atoms with Crippen molar-refractivity contribution in [2.24, 2.45) is 0 Å². The molecule has 0 saturated heterocycles. The van der Waals surface area contributed by atoms with Crippen LogP contribution in [0.1, 0.15) is 15.9 Å². The van der Waals surface area contributed by atoms with E-state index in [4.69, 9.17) is 16.3 Å². The zero-order chi connectivity index (χ0) is 19.9. The number of rotatable bonds is 6. The van der Waals surface area contributed by atoms with Gasteiger partial charge in [-0.3, -0.25) is 9.59 Å². The summed E-state index contributed by atoms with van der Waals surface area (Å²) in [4.78, 5) is 29.0. The molecule has 0 unspecified atom stereocenters. The number of carbonyl (C=O) groups is 2. The van der Waals surface area contributed by atoms with Crippen LogP contribution in [0.15, 0.2) is 66.9 Å². The van der Waals surface area contributed by atoms with E-state index >= 15 is 0 Å². The van der Waals surface area contributed by atoms with Crippen molar-refractivity contribution in [1.82, 2.24) is 4.98 Å². The molecule has 1 aromatic heterocycles. The maximum absolute atomic E-state index is 12.7. The molecule has 0 aliphatic heterocycles. The molecule has 2 amide bonds. The number of carbonyl (C=O) groups excluding carboxylic acids is 2. The summed E-state index contributed by atoms with van der Waals surface area (Å²) in [5, 5.41) is 5.95. The Balaban J connectivity index is 1.72. The van der Waals surface area contributed by atoms with Gasteiger partial charge in [0.25, 0.3) is 5.91 Å². The smallest absolute Gasteiger partial charge is 0.257 e. The molecular formula is C21H18ClN3O3. The van der Waals surface area contributed by atoms with Gasteiger partial charge in [0.1, 0.15) is 10.9 Å². The van der Waals surface area contributed by atoms with Crippen LogP contribution < -0.4 is 15.4 Å². The van der Waals surface area contributed by atoms with Gasteiger partial charge in [0.05, 0.1) is 24.8 Å². The van der Waals surface area contributed by atoms with Crippen molar-refractivity contribution in [3.63, 3.8) is 0 Å². The Hall–Kier alpha value is -3.38. The maximum atomic E-state index is 12.7. The van der Waals surface area contributed by atoms with Gasteiger partial charge in [0.15, 0.2) is 0 Å². The first kappa shape index (κ1) is 19.4. The van der Waals surface area contributed by atoms with E-state index in [1.54, 1.807) is 74.0 Å². The minimum Gasteiger partial charge on any atom is -0.497 e. The number of nitrogens with one attached hydrogen (secondary N) is 2. The average molecular weight is 396 g/mol. The van der Waals surface area contributed by atoms with E-state index in [1.165, 1.54) is 0 Å². The molecule has 0 radical (unpaired) electrons. The van der Waals surface area contributed by atoms with E-state index in [1.807, 2.05) is 0 Å². The predicted molar refractivity (Wildman–Crippen MR) is 109 cm³/mol. The van der Waals surface area contributed by atoms with E-state index in [9.17, 15) is 9.59 Å². The van der Waals surface area contributed by atoms with Crippen LogP contribution in [0.25, 0.3) is 0 Å². The number of anilines is 2. The second-order valence-corrected chi connectivity index (χ2v) is 6.33. The van der Waals surface area contributed by atoms with Crippen LogP contribution >= 0.6 is 11.6 Å². The van der Waals surface area contributed by atoms with Crippen molar-refractivity contribution in [1.29, 1.82) is 0 Å². The number of nitrogens with zero attached hydrogens (tertiary/aromatic N) is 1. The van der Waals surface area contributed by atoms with Crippen molar-refractivity contribution < 1.29 is 14.3 Å². The zero-order valence-electron chi connectivity index (χ0n) is 15.1. The number of hydrogen-bond donors (Lipinski definition) is 2. The van der Waals surface area contributed by atoms with Gasteiger partial charge in [-0.25, -0.2) is 4.98 Å². The Labute approximate surface area is 167 Å². The molecule has 7 heteroatoms. The average Bonchev–Trinajstić information content (AvgIpc) is 2.70. The number of para-hydroxylation sites is 1. The lowest BCUT2D eigenvalue weighted by Gasteiger charge is -2.12. The molecule has 0 aliphatic carbocycles. The Bertz CT molecular complexity index is 990. The Morgan fingerprint density at radius 3 is 2.61 bits per heavy atom. The number of aromatic nitrogens is 1. The lowest BCUT2D eigenvalue weighted by molar-refractivity contribution is -0.115. The molecule has 1 heterocycles. The first-order chi connectivity index (χ1) is 13.5. The van der Waals surface area contributed by atoms with Crippen molar-refractivity contribution in [2.45, 2.75) is 6.42 Å². The second-order valence-electron chi connectivity index (χ2n) is 5.95. The van der Waals surface area contributed by atoms with Gasteiger partial charge in [0, 0.05) is 18.0 Å². The first-order valence-electron chi connectivity index (χ1n) is 8.50. The highest BCUT2D eigenvalue weighted by Gasteiger charge is 2.14. The zero-order valence-corrected chi connectivity index (χ0v) is 15.9. The summed E-state index contributed by atoms with van der Waals surface area (Å²) < 4.78 is 5.16. The summed E-state index contributed by atoms with van der Waals surface area (Å²) in [7, 11) is 1.56. The summed E-state index contributed by atoms with van der Waals surface area (Å²) in [6, 6.07) is 17.2. The van der Waals surface area contributed by atoms with Crippen LogP contribution in [0.2, 0.25) is 5.15 Å². The van der Waals surface area contributed by atoms with Gasteiger partial charge in [-0.05, 0) is 35.9 Å². The number of amides is 2. The quantitative estimate of drug-likeness (QED) is 0.613. The van der Waals surface area contributed by atoms with Crippen molar-refractivity contribution >= 4 is 34.8 Å². The fourth-order valence-corrected chi connectivity index (χ4v) is 2.69. The number of pyridine rings is 1. The van der Waals surface area contributed by atoms with E-state index in [2.05, 4.69) is 15.6 Å². The number of ether oxygens (including phenoxy) is 1. The van der Waals surface area contributed by atoms with Crippen molar-refractivity contribution in [3.05, 3.63) is 83.1 Å². The van der Waals surface area contributed by atoms with Gasteiger partial charge in [-0.15, -0.1) is 0 Å². The summed E-state index contributed by atoms with van der Waals surface area (Å²) in [6.07, 6.45) is 1.67. The minimum absolute atomic E-state index is 0.121. The van der Waals surface area contributed by atoms with E-state index < -0.39 is 0 Å². The molecule has 3 rings (SSSR count). The normalized spacial score (nSPS) is 10.2. The Kier molecular flexibility index (Phi) is 6.24. The lowest BCUT2D eigenvalue weighted by atomic mass is 10.1. The number of methoxy groups -OCH3 is 1. The van der Waals surface area contributed by atoms with E-state index in [0.29, 0.717) is 27.8 Å². The third-order valence-corrected chi connectivity index (χ3v) is 4.15. The van der Waals surface area contributed by atoms with Crippen LogP contribution in [0, 0.1) is 0 Å². The highest BCUT2D eigenvalue weighted by Crippen LogP contribution is 2.20. The third-order valence-electron chi connectivity index (χ3n) is 3.93. The highest BCUT2D eigenvalue weighted by molar-refractivity contribution is 6.29. The Morgan fingerprint density at radius 2 is 1.86 bits per heavy atom. The Morgan fingerprint density at radius 1 is 1.04 bits per heavy atom. The number of halogens is 1. The molecule has 2 N–H and O–H groups in total. The van der Waals surface area contributed by atoms with Crippen molar-refractivity contribution in [2.75, 3.05) is 17.7 Å². The monoisotopic (exact) mass is 395 g/mol. The lowest BCUT2D eigenvalue weighted by Crippen LogP contribution is -2.19. The van der Waals surface area contributed by atoms with Crippen LogP contribution in [0.3, 0.4) is 0 Å². The summed E-state index contributed by atoms with van der Waals surface area (Å²) in [6.45, 7) is 0. The van der Waals surface area contributed by atoms with Crippen LogP contribution in [0.4, 0.5) is 11.4 Å². The van der Waals surface area contributed by atoms with Gasteiger partial charge in [-0.1, -0.05) is 35.9 Å². The summed E-state index contributed by atoms with van der Waals surface area (Å²) in [5.41, 5.74) is 2.10. The van der Waals surface area contributed by atoms with Gasteiger partial charge < -0.3 is 15.4 Å². The van der Waals surface area contributed by atoms with Gasteiger partial charge in [0.2, 0.25) is 5.91 Å². The maximum Gasteiger partial charge on any atom is 0.257 e. The molecule has 28 heavy (non-hydrogen) atoms. The van der Waals surface area contributed by atoms with Gasteiger partial charge >= 0.3 is 0 Å². The fraction of sp³-hybridized carbons (Fsp3) is 0.0952. The van der Waals surface area contributed by atoms with Crippen LogP contribution in [-0.2, 0) is 11.2 Å². The van der Waals surface area contributed by atoms with Crippen molar-refractivity contribution in [3.8, 4) is 5.75 Å². The third kappa shape index (κ3) is 5.08.